The Morgan fingerprint density at radius 3 is 2.39 bits per heavy atom. The third-order valence-corrected chi connectivity index (χ3v) is 4.17. The normalized spacial score (nSPS) is 16.3. The summed E-state index contributed by atoms with van der Waals surface area (Å²) in [6.07, 6.45) is 2.46. The van der Waals surface area contributed by atoms with Crippen LogP contribution in [0.15, 0.2) is 24.3 Å². The molecule has 1 aliphatic rings. The molecule has 0 bridgehead atoms. The number of nitrogens with zero attached hydrogens (tertiary/aromatic N) is 3. The first-order chi connectivity index (χ1) is 10.7. The van der Waals surface area contributed by atoms with Gasteiger partial charge < -0.3 is 14.9 Å². The van der Waals surface area contributed by atoms with Gasteiger partial charge in [0.1, 0.15) is 0 Å². The van der Waals surface area contributed by atoms with E-state index in [-0.39, 0.29) is 12.6 Å². The lowest BCUT2D eigenvalue weighted by Crippen LogP contribution is -2.41. The van der Waals surface area contributed by atoms with E-state index in [2.05, 4.69) is 17.1 Å². The highest BCUT2D eigenvalue weighted by atomic mass is 16.3. The van der Waals surface area contributed by atoms with Crippen LogP contribution < -0.4 is 10.2 Å². The van der Waals surface area contributed by atoms with Gasteiger partial charge in [-0.25, -0.2) is 4.79 Å². The van der Waals surface area contributed by atoms with Gasteiger partial charge in [-0.15, -0.1) is 0 Å². The minimum absolute atomic E-state index is 0.249. The number of aliphatic hydroxyl groups is 1. The highest BCUT2D eigenvalue weighted by Crippen LogP contribution is 2.24. The van der Waals surface area contributed by atoms with Gasteiger partial charge in [-0.2, -0.15) is 5.32 Å². The molecular formula is C18H28N3O2. The number of hydrogen-bond donors (Lipinski definition) is 1. The molecule has 0 aliphatic carbocycles. The van der Waals surface area contributed by atoms with Crippen molar-refractivity contribution in [2.24, 2.45) is 5.92 Å². The number of likely N-dealkylation sites (N-methyl/N-ethyl adjacent to an activating group) is 1. The molecule has 1 N–H and O–H groups in total. The van der Waals surface area contributed by atoms with Crippen LogP contribution in [0.1, 0.15) is 33.6 Å². The highest BCUT2D eigenvalue weighted by molar-refractivity contribution is 5.79. The first-order valence-electron chi connectivity index (χ1n) is 8.29. The molecule has 0 aromatic heterocycles. The maximum atomic E-state index is 12.1. The zero-order chi connectivity index (χ0) is 17.0. The molecule has 1 fully saturated rings. The van der Waals surface area contributed by atoms with E-state index in [0.29, 0.717) is 5.69 Å². The van der Waals surface area contributed by atoms with Gasteiger partial charge in [0.25, 0.3) is 0 Å². The first kappa shape index (κ1) is 17.6. The number of amides is 2. The fourth-order valence-corrected chi connectivity index (χ4v) is 2.85. The zero-order valence-corrected chi connectivity index (χ0v) is 14.6. The number of carbonyl (C=O) groups excluding carboxylic acids is 1. The maximum Gasteiger partial charge on any atom is 0.343 e. The summed E-state index contributed by atoms with van der Waals surface area (Å²) in [6, 6.07) is 7.47. The van der Waals surface area contributed by atoms with Gasteiger partial charge in [-0.1, -0.05) is 6.92 Å². The summed E-state index contributed by atoms with van der Waals surface area (Å²) < 4.78 is 0. The van der Waals surface area contributed by atoms with E-state index in [9.17, 15) is 9.90 Å². The smallest absolute Gasteiger partial charge is 0.343 e. The van der Waals surface area contributed by atoms with Crippen molar-refractivity contribution < 1.29 is 9.90 Å². The van der Waals surface area contributed by atoms with Crippen LogP contribution in [0.3, 0.4) is 0 Å². The summed E-state index contributed by atoms with van der Waals surface area (Å²) in [5.74, 6) is 0.810. The lowest BCUT2D eigenvalue weighted by molar-refractivity contribution is 0.0536. The van der Waals surface area contributed by atoms with Crippen molar-refractivity contribution in [2.45, 2.75) is 39.2 Å². The van der Waals surface area contributed by atoms with E-state index < -0.39 is 5.60 Å². The lowest BCUT2D eigenvalue weighted by atomic mass is 9.99. The van der Waals surface area contributed by atoms with Gasteiger partial charge in [0, 0.05) is 25.8 Å². The Bertz CT molecular complexity index is 514. The van der Waals surface area contributed by atoms with Crippen molar-refractivity contribution in [3.05, 3.63) is 24.3 Å². The number of rotatable bonds is 4. The summed E-state index contributed by atoms with van der Waals surface area (Å²) in [7, 11) is 1.65. The second-order valence-corrected chi connectivity index (χ2v) is 7.25. The molecule has 0 saturated carbocycles. The summed E-state index contributed by atoms with van der Waals surface area (Å²) in [5, 5.41) is 13.9. The quantitative estimate of drug-likeness (QED) is 0.928. The lowest BCUT2D eigenvalue weighted by Gasteiger charge is -2.32. The fourth-order valence-electron chi connectivity index (χ4n) is 2.85. The molecular weight excluding hydrogens is 290 g/mol. The summed E-state index contributed by atoms with van der Waals surface area (Å²) in [6.45, 7) is 8.07. The predicted molar refractivity (Wildman–Crippen MR) is 93.2 cm³/mol. The van der Waals surface area contributed by atoms with Gasteiger partial charge in [0.2, 0.25) is 0 Å². The molecule has 1 aromatic rings. The highest BCUT2D eigenvalue weighted by Gasteiger charge is 2.20. The number of piperidine rings is 1. The van der Waals surface area contributed by atoms with Crippen LogP contribution >= 0.6 is 0 Å². The van der Waals surface area contributed by atoms with Crippen molar-refractivity contribution in [1.29, 1.82) is 0 Å². The van der Waals surface area contributed by atoms with E-state index in [0.717, 1.165) is 19.0 Å². The Kier molecular flexibility index (Phi) is 5.52. The van der Waals surface area contributed by atoms with Crippen molar-refractivity contribution >= 4 is 17.4 Å². The molecule has 1 aromatic carbocycles. The zero-order valence-electron chi connectivity index (χ0n) is 14.6. The monoisotopic (exact) mass is 318 g/mol. The topological polar surface area (TPSA) is 57.9 Å². The summed E-state index contributed by atoms with van der Waals surface area (Å²) in [5.41, 5.74) is 0.912. The molecule has 127 valence electrons. The van der Waals surface area contributed by atoms with Gasteiger partial charge in [-0.05, 0) is 56.9 Å². The van der Waals surface area contributed by atoms with E-state index in [1.165, 1.54) is 23.4 Å². The molecule has 23 heavy (non-hydrogen) atoms. The van der Waals surface area contributed by atoms with E-state index in [1.54, 1.807) is 20.9 Å². The van der Waals surface area contributed by atoms with Crippen LogP contribution in [0, 0.1) is 5.92 Å². The molecule has 1 radical (unpaired) electrons. The largest absolute Gasteiger partial charge is 0.389 e. The Morgan fingerprint density at radius 2 is 1.87 bits per heavy atom. The number of anilines is 1. The van der Waals surface area contributed by atoms with Crippen LogP contribution in [-0.2, 0) is 0 Å². The molecule has 1 aliphatic heterocycles. The number of urea groups is 1. The van der Waals surface area contributed by atoms with E-state index in [1.807, 2.05) is 24.3 Å². The Hall–Kier alpha value is -1.75. The minimum Gasteiger partial charge on any atom is -0.389 e. The van der Waals surface area contributed by atoms with Gasteiger partial charge >= 0.3 is 6.03 Å². The third kappa shape index (κ3) is 5.43. The van der Waals surface area contributed by atoms with Gasteiger partial charge in [0.05, 0.1) is 17.8 Å². The standard InChI is InChI=1S/C18H28N3O2/c1-14-9-11-21(12-10-14)16-7-5-15(6-8-16)19-17(22)20(4)13-18(2,3)23/h5-8,14,23H,9-13H2,1-4H3. The van der Waals surface area contributed by atoms with Crippen LogP contribution in [-0.4, -0.2) is 48.3 Å². The minimum atomic E-state index is -0.921. The SMILES string of the molecule is CC1CCN(c2ccc([N]C(=O)N(C)CC(C)(C)O)cc2)CC1. The fraction of sp³-hybridized carbons (Fsp3) is 0.611. The van der Waals surface area contributed by atoms with Crippen LogP contribution in [0.5, 0.6) is 0 Å². The van der Waals surface area contributed by atoms with E-state index in [4.69, 9.17) is 0 Å². The summed E-state index contributed by atoms with van der Waals surface area (Å²) >= 11 is 0. The maximum absolute atomic E-state index is 12.1. The van der Waals surface area contributed by atoms with Gasteiger partial charge in [-0.3, -0.25) is 0 Å². The van der Waals surface area contributed by atoms with Gasteiger partial charge in [0.15, 0.2) is 0 Å². The first-order valence-corrected chi connectivity index (χ1v) is 8.29. The van der Waals surface area contributed by atoms with E-state index >= 15 is 0 Å². The van der Waals surface area contributed by atoms with Crippen LogP contribution in [0.25, 0.3) is 0 Å². The number of benzene rings is 1. The number of hydrogen-bond acceptors (Lipinski definition) is 3. The average molecular weight is 318 g/mol. The predicted octanol–water partition coefficient (Wildman–Crippen LogP) is 2.98. The Labute approximate surface area is 139 Å². The summed E-state index contributed by atoms with van der Waals surface area (Å²) in [4.78, 5) is 15.9. The second kappa shape index (κ2) is 7.21. The molecule has 1 heterocycles. The number of carbonyl (C=O) groups is 1. The second-order valence-electron chi connectivity index (χ2n) is 7.25. The molecule has 5 heteroatoms. The Morgan fingerprint density at radius 1 is 1.30 bits per heavy atom. The Balaban J connectivity index is 1.91. The molecule has 0 atom stereocenters. The van der Waals surface area contributed by atoms with Crippen molar-refractivity contribution in [3.63, 3.8) is 0 Å². The van der Waals surface area contributed by atoms with Crippen molar-refractivity contribution in [2.75, 3.05) is 31.6 Å². The molecule has 2 rings (SSSR count). The van der Waals surface area contributed by atoms with Crippen LogP contribution in [0.2, 0.25) is 0 Å². The molecule has 1 saturated heterocycles. The van der Waals surface area contributed by atoms with Crippen molar-refractivity contribution in [3.8, 4) is 0 Å². The molecule has 0 spiro atoms. The average Bonchev–Trinajstić information content (AvgIpc) is 2.47. The third-order valence-electron chi connectivity index (χ3n) is 4.17. The molecule has 2 amide bonds. The van der Waals surface area contributed by atoms with Crippen molar-refractivity contribution in [1.82, 2.24) is 10.2 Å². The molecule has 5 nitrogen and oxygen atoms in total. The van der Waals surface area contributed by atoms with Crippen LogP contribution in [0.4, 0.5) is 16.2 Å². The molecule has 0 unspecified atom stereocenters.